The molecule has 0 aliphatic heterocycles. The predicted molar refractivity (Wildman–Crippen MR) is 74.2 cm³/mol. The molecule has 1 N–H and O–H groups in total. The summed E-state index contributed by atoms with van der Waals surface area (Å²) >= 11 is 0. The van der Waals surface area contributed by atoms with E-state index in [4.69, 9.17) is 0 Å². The van der Waals surface area contributed by atoms with Crippen molar-refractivity contribution in [1.29, 1.82) is 0 Å². The molecule has 1 aliphatic rings. The van der Waals surface area contributed by atoms with Crippen molar-refractivity contribution in [1.82, 2.24) is 4.72 Å². The Kier molecular flexibility index (Phi) is 5.80. The molecular weight excluding hydrogens is 266 g/mol. The number of ether oxygens (including phenoxy) is 1. The highest BCUT2D eigenvalue weighted by Gasteiger charge is 2.31. The summed E-state index contributed by atoms with van der Waals surface area (Å²) in [6, 6.07) is 0. The van der Waals surface area contributed by atoms with Crippen LogP contribution in [-0.4, -0.2) is 33.8 Å². The zero-order valence-electron chi connectivity index (χ0n) is 12.1. The average molecular weight is 291 g/mol. The van der Waals surface area contributed by atoms with Crippen molar-refractivity contribution < 1.29 is 17.9 Å². The Hall–Kier alpha value is -0.620. The smallest absolute Gasteiger partial charge is 0.312 e. The molecule has 0 heterocycles. The van der Waals surface area contributed by atoms with Crippen molar-refractivity contribution in [3.05, 3.63) is 0 Å². The minimum Gasteiger partial charge on any atom is -0.469 e. The fraction of sp³-hybridized carbons (Fsp3) is 0.923. The summed E-state index contributed by atoms with van der Waals surface area (Å²) in [5.41, 5.74) is -0.839. The lowest BCUT2D eigenvalue weighted by Gasteiger charge is -2.24. The van der Waals surface area contributed by atoms with Gasteiger partial charge >= 0.3 is 5.97 Å². The van der Waals surface area contributed by atoms with E-state index in [0.29, 0.717) is 0 Å². The number of hydrogen-bond donors (Lipinski definition) is 1. The van der Waals surface area contributed by atoms with Gasteiger partial charge in [0.15, 0.2) is 0 Å². The Labute approximate surface area is 116 Å². The summed E-state index contributed by atoms with van der Waals surface area (Å²) in [6.45, 7) is 3.42. The first-order valence-corrected chi connectivity index (χ1v) is 8.48. The summed E-state index contributed by atoms with van der Waals surface area (Å²) in [5.74, 6) is 0.0184. The number of rotatable bonds is 6. The molecule has 19 heavy (non-hydrogen) atoms. The van der Waals surface area contributed by atoms with Crippen LogP contribution in [0.2, 0.25) is 0 Å². The zero-order valence-corrected chi connectivity index (χ0v) is 12.9. The summed E-state index contributed by atoms with van der Waals surface area (Å²) in [7, 11) is -2.01. The zero-order chi connectivity index (χ0) is 14.5. The Balaban J connectivity index is 2.48. The molecule has 6 heteroatoms. The molecule has 0 spiro atoms. The van der Waals surface area contributed by atoms with E-state index < -0.39 is 21.4 Å². The van der Waals surface area contributed by atoms with Crippen molar-refractivity contribution in [2.45, 2.75) is 46.0 Å². The average Bonchev–Trinajstić information content (AvgIpc) is 2.36. The maximum absolute atomic E-state index is 12.0. The van der Waals surface area contributed by atoms with Gasteiger partial charge in [-0.2, -0.15) is 0 Å². The second-order valence-corrected chi connectivity index (χ2v) is 7.83. The van der Waals surface area contributed by atoms with Gasteiger partial charge in [-0.3, -0.25) is 4.79 Å². The number of carbonyl (C=O) groups is 1. The first kappa shape index (κ1) is 16.4. The third-order valence-electron chi connectivity index (χ3n) is 3.65. The van der Waals surface area contributed by atoms with E-state index in [1.807, 2.05) is 0 Å². The van der Waals surface area contributed by atoms with Gasteiger partial charge in [0, 0.05) is 6.54 Å². The summed E-state index contributed by atoms with van der Waals surface area (Å²) < 4.78 is 31.2. The Morgan fingerprint density at radius 3 is 2.37 bits per heavy atom. The highest BCUT2D eigenvalue weighted by molar-refractivity contribution is 7.89. The van der Waals surface area contributed by atoms with Crippen LogP contribution in [-0.2, 0) is 19.6 Å². The molecule has 1 saturated carbocycles. The van der Waals surface area contributed by atoms with Crippen LogP contribution in [0.25, 0.3) is 0 Å². The van der Waals surface area contributed by atoms with Crippen LogP contribution >= 0.6 is 0 Å². The monoisotopic (exact) mass is 291 g/mol. The van der Waals surface area contributed by atoms with Crippen molar-refractivity contribution in [3.63, 3.8) is 0 Å². The summed E-state index contributed by atoms with van der Waals surface area (Å²) in [5, 5.41) is 0. The predicted octanol–water partition coefficient (Wildman–Crippen LogP) is 1.69. The van der Waals surface area contributed by atoms with Crippen molar-refractivity contribution >= 4 is 16.0 Å². The van der Waals surface area contributed by atoms with Crippen LogP contribution < -0.4 is 4.72 Å². The van der Waals surface area contributed by atoms with E-state index in [9.17, 15) is 13.2 Å². The lowest BCUT2D eigenvalue weighted by atomic mass is 9.91. The van der Waals surface area contributed by atoms with E-state index in [0.717, 1.165) is 25.7 Å². The minimum absolute atomic E-state index is 0.0781. The maximum Gasteiger partial charge on any atom is 0.312 e. The fourth-order valence-corrected chi connectivity index (χ4v) is 4.01. The normalized spacial score (nSPS) is 18.3. The molecule has 0 aromatic rings. The van der Waals surface area contributed by atoms with Crippen LogP contribution in [0.4, 0.5) is 0 Å². The molecule has 0 atom stereocenters. The summed E-state index contributed by atoms with van der Waals surface area (Å²) in [6.07, 6.45) is 5.42. The number of hydrogen-bond acceptors (Lipinski definition) is 4. The topological polar surface area (TPSA) is 72.5 Å². The largest absolute Gasteiger partial charge is 0.469 e. The molecule has 5 nitrogen and oxygen atoms in total. The first-order chi connectivity index (χ1) is 8.77. The van der Waals surface area contributed by atoms with Crippen molar-refractivity contribution in [3.8, 4) is 0 Å². The molecule has 1 rings (SSSR count). The van der Waals surface area contributed by atoms with Crippen LogP contribution in [0.5, 0.6) is 0 Å². The Morgan fingerprint density at radius 1 is 1.26 bits per heavy atom. The second kappa shape index (κ2) is 6.70. The van der Waals surface area contributed by atoms with E-state index in [-0.39, 0.29) is 18.2 Å². The molecule has 0 aromatic heterocycles. The van der Waals surface area contributed by atoms with E-state index in [1.165, 1.54) is 13.5 Å². The van der Waals surface area contributed by atoms with Crippen LogP contribution in [0, 0.1) is 11.3 Å². The molecule has 0 unspecified atom stereocenters. The lowest BCUT2D eigenvalue weighted by Crippen LogP contribution is -2.41. The second-order valence-electron chi connectivity index (χ2n) is 5.98. The maximum atomic E-state index is 12.0. The van der Waals surface area contributed by atoms with Gasteiger partial charge in [0.2, 0.25) is 10.0 Å². The molecule has 0 saturated heterocycles. The van der Waals surface area contributed by atoms with E-state index in [2.05, 4.69) is 9.46 Å². The number of sulfonamides is 1. The molecule has 0 radical (unpaired) electrons. The van der Waals surface area contributed by atoms with Crippen molar-refractivity contribution in [2.75, 3.05) is 19.4 Å². The molecule has 0 aromatic carbocycles. The third kappa shape index (κ3) is 5.48. The molecule has 0 bridgehead atoms. The first-order valence-electron chi connectivity index (χ1n) is 6.82. The number of methoxy groups -OCH3 is 1. The Morgan fingerprint density at radius 2 is 1.84 bits per heavy atom. The molecule has 112 valence electrons. The third-order valence-corrected chi connectivity index (χ3v) is 5.15. The molecule has 0 amide bonds. The van der Waals surface area contributed by atoms with Crippen molar-refractivity contribution in [2.24, 2.45) is 11.3 Å². The van der Waals surface area contributed by atoms with E-state index >= 15 is 0 Å². The lowest BCUT2D eigenvalue weighted by molar-refractivity contribution is -0.150. The van der Waals surface area contributed by atoms with E-state index in [1.54, 1.807) is 13.8 Å². The van der Waals surface area contributed by atoms with Gasteiger partial charge in [0.1, 0.15) is 0 Å². The highest BCUT2D eigenvalue weighted by Crippen LogP contribution is 2.25. The number of carbonyl (C=O) groups excluding carboxylic acids is 1. The SMILES string of the molecule is COC(=O)C(C)(C)CNS(=O)(=O)CC1CCCCC1. The molecule has 1 fully saturated rings. The van der Waals surface area contributed by atoms with Crippen LogP contribution in [0.3, 0.4) is 0 Å². The summed E-state index contributed by atoms with van der Waals surface area (Å²) in [4.78, 5) is 11.5. The van der Waals surface area contributed by atoms with Gasteiger partial charge in [-0.05, 0) is 32.6 Å². The van der Waals surface area contributed by atoms with Crippen LogP contribution in [0.1, 0.15) is 46.0 Å². The van der Waals surface area contributed by atoms with Gasteiger partial charge in [-0.15, -0.1) is 0 Å². The highest BCUT2D eigenvalue weighted by atomic mass is 32.2. The quantitative estimate of drug-likeness (QED) is 0.756. The molecule has 1 aliphatic carbocycles. The van der Waals surface area contributed by atoms with Gasteiger partial charge in [0.05, 0.1) is 18.3 Å². The number of esters is 1. The van der Waals surface area contributed by atoms with Gasteiger partial charge < -0.3 is 4.74 Å². The molecular formula is C13H25NO4S. The minimum atomic E-state index is -3.31. The standard InChI is InChI=1S/C13H25NO4S/c1-13(2,12(15)18-3)10-14-19(16,17)9-11-7-5-4-6-8-11/h11,14H,4-10H2,1-3H3. The Bertz CT molecular complexity index is 397. The van der Waals surface area contributed by atoms with Gasteiger partial charge in [0.25, 0.3) is 0 Å². The fourth-order valence-electron chi connectivity index (χ4n) is 2.36. The van der Waals surface area contributed by atoms with Crippen LogP contribution in [0.15, 0.2) is 0 Å². The number of nitrogens with one attached hydrogen (secondary N) is 1. The van der Waals surface area contributed by atoms with Gasteiger partial charge in [-0.1, -0.05) is 19.3 Å². The van der Waals surface area contributed by atoms with Gasteiger partial charge in [-0.25, -0.2) is 13.1 Å².